The monoisotopic (exact) mass is 339 g/mol. The Morgan fingerprint density at radius 2 is 2.17 bits per heavy atom. The maximum Gasteiger partial charge on any atom is 0.136 e. The summed E-state index contributed by atoms with van der Waals surface area (Å²) in [7, 11) is 1.69. The van der Waals surface area contributed by atoms with Crippen LogP contribution in [-0.4, -0.2) is 16.7 Å². The largest absolute Gasteiger partial charge is 0.497 e. The summed E-state index contributed by atoms with van der Waals surface area (Å²) < 4.78 is 7.26. The van der Waals surface area contributed by atoms with Crippen LogP contribution in [0.3, 0.4) is 0 Å². The molecule has 0 amide bonds. The molecular weight excluding hydrogens is 318 g/mol. The average molecular weight is 339 g/mol. The molecule has 0 aliphatic heterocycles. The van der Waals surface area contributed by atoms with Crippen molar-refractivity contribution < 1.29 is 4.74 Å². The summed E-state index contributed by atoms with van der Waals surface area (Å²) in [4.78, 5) is 7.11. The number of hydrogen-bond acceptors (Lipinski definition) is 4. The molecule has 3 aromatic rings. The Morgan fingerprint density at radius 1 is 1.29 bits per heavy atom. The van der Waals surface area contributed by atoms with Crippen LogP contribution < -0.4 is 10.2 Å². The smallest absolute Gasteiger partial charge is 0.136 e. The van der Waals surface area contributed by atoms with Crippen molar-refractivity contribution in [1.82, 2.24) is 9.55 Å². The number of nitrogens with one attached hydrogen (secondary N) is 1. The molecule has 24 heavy (non-hydrogen) atoms. The lowest BCUT2D eigenvalue weighted by molar-refractivity contribution is 0.414. The van der Waals surface area contributed by atoms with Gasteiger partial charge in [0, 0.05) is 11.4 Å². The molecule has 4 rings (SSSR count). The Bertz CT molecular complexity index is 941. The molecule has 1 aliphatic carbocycles. The first-order valence-electron chi connectivity index (χ1n) is 8.43. The lowest BCUT2D eigenvalue weighted by atomic mass is 9.97. The predicted octanol–water partition coefficient (Wildman–Crippen LogP) is 3.71. The second-order valence-corrected chi connectivity index (χ2v) is 7.36. The van der Waals surface area contributed by atoms with Crippen molar-refractivity contribution in [2.75, 3.05) is 7.11 Å². The van der Waals surface area contributed by atoms with Crippen LogP contribution in [0.15, 0.2) is 30.6 Å². The second kappa shape index (κ2) is 6.40. The predicted molar refractivity (Wildman–Crippen MR) is 96.8 cm³/mol. The molecule has 0 saturated carbocycles. The summed E-state index contributed by atoms with van der Waals surface area (Å²) in [5.74, 6) is 0.879. The molecular formula is C19H21N3OS. The summed E-state index contributed by atoms with van der Waals surface area (Å²) >= 11 is 1.78. The van der Waals surface area contributed by atoms with Gasteiger partial charge in [-0.05, 0) is 55.4 Å². The molecule has 0 spiro atoms. The number of rotatable bonds is 4. The molecule has 0 unspecified atom stereocenters. The number of thiophene rings is 1. The minimum Gasteiger partial charge on any atom is -0.497 e. The summed E-state index contributed by atoms with van der Waals surface area (Å²) in [5, 5.41) is 9.73. The highest BCUT2D eigenvalue weighted by molar-refractivity contribution is 7.18. The van der Waals surface area contributed by atoms with Crippen LogP contribution in [0.1, 0.15) is 28.8 Å². The fraction of sp³-hybridized carbons (Fsp3) is 0.368. The van der Waals surface area contributed by atoms with E-state index in [9.17, 15) is 0 Å². The van der Waals surface area contributed by atoms with Crippen molar-refractivity contribution >= 4 is 21.6 Å². The first-order chi connectivity index (χ1) is 11.8. The second-order valence-electron chi connectivity index (χ2n) is 6.28. The van der Waals surface area contributed by atoms with Gasteiger partial charge in [-0.1, -0.05) is 12.1 Å². The molecule has 124 valence electrons. The number of aromatic nitrogens is 2. The molecule has 2 heterocycles. The first-order valence-corrected chi connectivity index (χ1v) is 9.25. The lowest BCUT2D eigenvalue weighted by Crippen LogP contribution is -2.22. The van der Waals surface area contributed by atoms with Crippen molar-refractivity contribution in [3.05, 3.63) is 52.1 Å². The number of methoxy groups -OCH3 is 1. The van der Waals surface area contributed by atoms with Gasteiger partial charge in [-0.15, -0.1) is 11.3 Å². The molecule has 0 radical (unpaired) electrons. The highest BCUT2D eigenvalue weighted by atomic mass is 32.1. The molecule has 5 heteroatoms. The fourth-order valence-electron chi connectivity index (χ4n) is 3.46. The van der Waals surface area contributed by atoms with E-state index in [0.29, 0.717) is 5.49 Å². The van der Waals surface area contributed by atoms with Crippen LogP contribution in [-0.2, 0) is 25.8 Å². The summed E-state index contributed by atoms with van der Waals surface area (Å²) in [6.45, 7) is 0.763. The zero-order valence-electron chi connectivity index (χ0n) is 13.8. The molecule has 4 nitrogen and oxygen atoms in total. The number of nitrogens with zero attached hydrogens (tertiary/aromatic N) is 2. The third-order valence-electron chi connectivity index (χ3n) is 4.77. The topological polar surface area (TPSA) is 50.9 Å². The summed E-state index contributed by atoms with van der Waals surface area (Å²) in [5.41, 5.74) is 3.21. The van der Waals surface area contributed by atoms with Crippen LogP contribution in [0.2, 0.25) is 0 Å². The normalized spacial score (nSPS) is 13.9. The van der Waals surface area contributed by atoms with Gasteiger partial charge in [0.15, 0.2) is 0 Å². The molecule has 2 aromatic heterocycles. The van der Waals surface area contributed by atoms with Crippen molar-refractivity contribution in [2.24, 2.45) is 0 Å². The van der Waals surface area contributed by atoms with Gasteiger partial charge in [0.25, 0.3) is 0 Å². The standard InChI is InChI=1S/C19H21N3OS/c1-23-14-6-4-5-13(11-14)9-10-22-12-21-19-17(18(22)20)15-7-2-3-8-16(15)24-19/h4-6,11-12,20H,2-3,7-10H2,1H3. The maximum atomic E-state index is 8.65. The van der Waals surface area contributed by atoms with Gasteiger partial charge in [0.2, 0.25) is 0 Å². The van der Waals surface area contributed by atoms with Crippen LogP contribution in [0.4, 0.5) is 0 Å². The zero-order chi connectivity index (χ0) is 16.5. The quantitative estimate of drug-likeness (QED) is 0.788. The van der Waals surface area contributed by atoms with E-state index < -0.39 is 0 Å². The van der Waals surface area contributed by atoms with E-state index in [2.05, 4.69) is 17.1 Å². The minimum absolute atomic E-state index is 0.613. The van der Waals surface area contributed by atoms with E-state index in [-0.39, 0.29) is 0 Å². The van der Waals surface area contributed by atoms with Crippen molar-refractivity contribution in [3.63, 3.8) is 0 Å². The molecule has 0 atom stereocenters. The van der Waals surface area contributed by atoms with Gasteiger partial charge in [0.05, 0.1) is 18.8 Å². The molecule has 0 bridgehead atoms. The molecule has 1 aliphatic rings. The van der Waals surface area contributed by atoms with Gasteiger partial charge in [-0.3, -0.25) is 5.41 Å². The van der Waals surface area contributed by atoms with Gasteiger partial charge in [-0.2, -0.15) is 0 Å². The summed E-state index contributed by atoms with van der Waals surface area (Å²) in [6, 6.07) is 8.13. The summed E-state index contributed by atoms with van der Waals surface area (Å²) in [6.07, 6.45) is 7.45. The third-order valence-corrected chi connectivity index (χ3v) is 5.97. The van der Waals surface area contributed by atoms with E-state index >= 15 is 0 Å². The molecule has 0 saturated heterocycles. The van der Waals surface area contributed by atoms with E-state index in [0.717, 1.165) is 41.8 Å². The molecule has 1 N–H and O–H groups in total. The Morgan fingerprint density at radius 3 is 3.04 bits per heavy atom. The zero-order valence-corrected chi connectivity index (χ0v) is 14.7. The van der Waals surface area contributed by atoms with Crippen LogP contribution in [0.5, 0.6) is 5.75 Å². The van der Waals surface area contributed by atoms with Gasteiger partial charge < -0.3 is 9.30 Å². The Labute approximate surface area is 145 Å². The van der Waals surface area contributed by atoms with Crippen molar-refractivity contribution in [3.8, 4) is 5.75 Å². The van der Waals surface area contributed by atoms with Crippen LogP contribution in [0.25, 0.3) is 10.2 Å². The van der Waals surface area contributed by atoms with Gasteiger partial charge in [-0.25, -0.2) is 4.98 Å². The lowest BCUT2D eigenvalue weighted by Gasteiger charge is -2.11. The number of fused-ring (bicyclic) bond motifs is 3. The van der Waals surface area contributed by atoms with Gasteiger partial charge in [0.1, 0.15) is 16.1 Å². The van der Waals surface area contributed by atoms with E-state index in [1.54, 1.807) is 18.4 Å². The van der Waals surface area contributed by atoms with Gasteiger partial charge >= 0.3 is 0 Å². The highest BCUT2D eigenvalue weighted by Crippen LogP contribution is 2.33. The Kier molecular flexibility index (Phi) is 4.10. The number of benzene rings is 1. The maximum absolute atomic E-state index is 8.65. The van der Waals surface area contributed by atoms with E-state index in [4.69, 9.17) is 10.1 Å². The van der Waals surface area contributed by atoms with E-state index in [1.807, 2.05) is 23.0 Å². The number of aryl methyl sites for hydroxylation is 4. The fourth-order valence-corrected chi connectivity index (χ4v) is 4.69. The van der Waals surface area contributed by atoms with Crippen molar-refractivity contribution in [2.45, 2.75) is 38.6 Å². The number of ether oxygens (including phenoxy) is 1. The third kappa shape index (κ3) is 2.73. The van der Waals surface area contributed by atoms with Crippen LogP contribution >= 0.6 is 11.3 Å². The van der Waals surface area contributed by atoms with E-state index in [1.165, 1.54) is 28.8 Å². The van der Waals surface area contributed by atoms with Crippen LogP contribution in [0, 0.1) is 5.41 Å². The molecule has 0 fully saturated rings. The minimum atomic E-state index is 0.613. The average Bonchev–Trinajstić information content (AvgIpc) is 3.00. The highest BCUT2D eigenvalue weighted by Gasteiger charge is 2.18. The Balaban J connectivity index is 1.65. The Hall–Kier alpha value is -2.14. The number of hydrogen-bond donors (Lipinski definition) is 1. The first kappa shape index (κ1) is 15.4. The molecule has 1 aromatic carbocycles. The SMILES string of the molecule is COc1cccc(CCn2cnc3sc4c(c3c2=N)CCCC4)c1. The van der Waals surface area contributed by atoms with Crippen molar-refractivity contribution in [1.29, 1.82) is 5.41 Å².